The molecule has 0 spiro atoms. The highest BCUT2D eigenvalue weighted by Gasteiger charge is 2.18. The van der Waals surface area contributed by atoms with Gasteiger partial charge in [0.25, 0.3) is 5.91 Å². The number of benzene rings is 3. The van der Waals surface area contributed by atoms with Crippen molar-refractivity contribution in [1.82, 2.24) is 4.98 Å². The number of anilines is 1. The molecule has 4 rings (SSSR count). The van der Waals surface area contributed by atoms with E-state index in [4.69, 9.17) is 4.42 Å². The first-order valence-corrected chi connectivity index (χ1v) is 8.99. The molecule has 148 valence electrons. The summed E-state index contributed by atoms with van der Waals surface area (Å²) in [6, 6.07) is 18.5. The first-order chi connectivity index (χ1) is 14.5. The highest BCUT2D eigenvalue weighted by atomic mass is 16.4. The van der Waals surface area contributed by atoms with E-state index in [1.165, 1.54) is 30.8 Å². The van der Waals surface area contributed by atoms with E-state index in [1.807, 2.05) is 30.3 Å². The molecule has 0 aliphatic heterocycles. The first-order valence-electron chi connectivity index (χ1n) is 8.99. The van der Waals surface area contributed by atoms with Crippen LogP contribution in [0.3, 0.4) is 0 Å². The molecule has 0 aliphatic carbocycles. The Morgan fingerprint density at radius 1 is 0.867 bits per heavy atom. The third kappa shape index (κ3) is 3.77. The molecule has 3 N–H and O–H groups in total. The maximum Gasteiger partial charge on any atom is 0.337 e. The van der Waals surface area contributed by atoms with Gasteiger partial charge in [0, 0.05) is 5.56 Å². The maximum atomic E-state index is 12.9. The Morgan fingerprint density at radius 2 is 1.63 bits per heavy atom. The zero-order valence-corrected chi connectivity index (χ0v) is 15.6. The molecule has 1 heterocycles. The van der Waals surface area contributed by atoms with Crippen LogP contribution in [0.15, 0.2) is 83.7 Å². The van der Waals surface area contributed by atoms with Crippen molar-refractivity contribution < 1.29 is 24.2 Å². The molecule has 0 saturated heterocycles. The Labute approximate surface area is 171 Å². The van der Waals surface area contributed by atoms with Crippen molar-refractivity contribution in [3.63, 3.8) is 0 Å². The van der Waals surface area contributed by atoms with Gasteiger partial charge in [-0.25, -0.2) is 9.78 Å². The van der Waals surface area contributed by atoms with Crippen LogP contribution in [0.25, 0.3) is 22.5 Å². The number of phenolic OH excluding ortho intramolecular Hbond substituents is 1. The highest BCUT2D eigenvalue weighted by molar-refractivity contribution is 6.10. The monoisotopic (exact) mass is 400 g/mol. The van der Waals surface area contributed by atoms with Gasteiger partial charge in [-0.15, -0.1) is 0 Å². The molecular weight excluding hydrogens is 384 g/mol. The number of hydrogen-bond donors (Lipinski definition) is 3. The first kappa shape index (κ1) is 18.9. The zero-order chi connectivity index (χ0) is 21.1. The molecule has 0 unspecified atom stereocenters. The topological polar surface area (TPSA) is 113 Å². The van der Waals surface area contributed by atoms with Crippen molar-refractivity contribution in [2.24, 2.45) is 0 Å². The van der Waals surface area contributed by atoms with E-state index < -0.39 is 11.9 Å². The largest absolute Gasteiger partial charge is 0.507 e. The molecule has 0 atom stereocenters. The second kappa shape index (κ2) is 7.92. The molecule has 30 heavy (non-hydrogen) atoms. The summed E-state index contributed by atoms with van der Waals surface area (Å²) in [5.41, 5.74) is 2.21. The van der Waals surface area contributed by atoms with Crippen molar-refractivity contribution in [2.75, 3.05) is 5.32 Å². The van der Waals surface area contributed by atoms with Gasteiger partial charge < -0.3 is 19.9 Å². The van der Waals surface area contributed by atoms with Crippen LogP contribution < -0.4 is 5.32 Å². The van der Waals surface area contributed by atoms with Gasteiger partial charge in [0.15, 0.2) is 12.2 Å². The zero-order valence-electron chi connectivity index (χ0n) is 15.6. The van der Waals surface area contributed by atoms with Gasteiger partial charge >= 0.3 is 5.97 Å². The van der Waals surface area contributed by atoms with Crippen LogP contribution in [0.2, 0.25) is 0 Å². The fraction of sp³-hybridized carbons (Fsp3) is 0. The Morgan fingerprint density at radius 3 is 2.33 bits per heavy atom. The van der Waals surface area contributed by atoms with Crippen LogP contribution in [-0.2, 0) is 0 Å². The smallest absolute Gasteiger partial charge is 0.337 e. The van der Waals surface area contributed by atoms with Crippen molar-refractivity contribution in [3.8, 4) is 28.2 Å². The third-order valence-corrected chi connectivity index (χ3v) is 4.56. The maximum absolute atomic E-state index is 12.9. The van der Waals surface area contributed by atoms with Crippen molar-refractivity contribution in [1.29, 1.82) is 0 Å². The number of rotatable bonds is 5. The van der Waals surface area contributed by atoms with Crippen molar-refractivity contribution >= 4 is 17.6 Å². The van der Waals surface area contributed by atoms with E-state index in [-0.39, 0.29) is 22.6 Å². The SMILES string of the molecule is O=C(Nc1cc(-c2ccccc2)ccc1C(=O)O)c1cc(-c2cnco2)ccc1O. The Bertz CT molecular complexity index is 1220. The number of hydrogen-bond acceptors (Lipinski definition) is 5. The number of carboxylic acid groups (broad SMARTS) is 1. The lowest BCUT2D eigenvalue weighted by molar-refractivity contribution is 0.0698. The molecular formula is C23H16N2O5. The number of aromatic carboxylic acids is 1. The molecule has 0 fully saturated rings. The van der Waals surface area contributed by atoms with Crippen molar-refractivity contribution in [3.05, 3.63) is 90.4 Å². The highest BCUT2D eigenvalue weighted by Crippen LogP contribution is 2.29. The molecule has 1 aromatic heterocycles. The van der Waals surface area contributed by atoms with Gasteiger partial charge in [-0.3, -0.25) is 4.79 Å². The van der Waals surface area contributed by atoms with E-state index in [0.717, 1.165) is 11.1 Å². The lowest BCUT2D eigenvalue weighted by Crippen LogP contribution is -2.15. The van der Waals surface area contributed by atoms with Crippen LogP contribution in [0.1, 0.15) is 20.7 Å². The van der Waals surface area contributed by atoms with Gasteiger partial charge in [-0.05, 0) is 41.5 Å². The predicted octanol–water partition coefficient (Wildman–Crippen LogP) is 4.66. The number of carboxylic acids is 1. The number of nitrogens with one attached hydrogen (secondary N) is 1. The lowest BCUT2D eigenvalue weighted by Gasteiger charge is -2.12. The molecule has 7 heteroatoms. The summed E-state index contributed by atoms with van der Waals surface area (Å²) in [5.74, 6) is -1.64. The summed E-state index contributed by atoms with van der Waals surface area (Å²) in [6.07, 6.45) is 2.75. The number of aromatic hydroxyl groups is 1. The average molecular weight is 400 g/mol. The second-order valence-corrected chi connectivity index (χ2v) is 6.48. The van der Waals surface area contributed by atoms with Gasteiger partial charge in [-0.1, -0.05) is 36.4 Å². The molecule has 0 saturated carbocycles. The summed E-state index contributed by atoms with van der Waals surface area (Å²) in [6.45, 7) is 0. The van der Waals surface area contributed by atoms with E-state index in [9.17, 15) is 19.8 Å². The average Bonchev–Trinajstić information content (AvgIpc) is 3.29. The standard InChI is InChI=1S/C23H16N2O5/c26-20-9-7-16(21-12-24-13-30-21)10-18(20)22(27)25-19-11-15(6-8-17(19)23(28)29)14-4-2-1-3-5-14/h1-13,26H,(H,25,27)(H,28,29). The molecule has 0 radical (unpaired) electrons. The number of carbonyl (C=O) groups excluding carboxylic acids is 1. The number of amides is 1. The molecule has 1 amide bonds. The second-order valence-electron chi connectivity index (χ2n) is 6.48. The van der Waals surface area contributed by atoms with Gasteiger partial charge in [0.1, 0.15) is 5.75 Å². The minimum atomic E-state index is -1.18. The Kier molecular flexibility index (Phi) is 5.00. The minimum Gasteiger partial charge on any atom is -0.507 e. The van der Waals surface area contributed by atoms with Crippen LogP contribution in [0, 0.1) is 0 Å². The van der Waals surface area contributed by atoms with E-state index in [1.54, 1.807) is 18.2 Å². The molecule has 7 nitrogen and oxygen atoms in total. The van der Waals surface area contributed by atoms with Gasteiger partial charge in [0.05, 0.1) is 23.0 Å². The van der Waals surface area contributed by atoms with Crippen LogP contribution in [-0.4, -0.2) is 27.1 Å². The summed E-state index contributed by atoms with van der Waals surface area (Å²) < 4.78 is 5.23. The fourth-order valence-electron chi connectivity index (χ4n) is 3.06. The van der Waals surface area contributed by atoms with E-state index in [0.29, 0.717) is 11.3 Å². The lowest BCUT2D eigenvalue weighted by atomic mass is 10.0. The van der Waals surface area contributed by atoms with Crippen LogP contribution in [0.5, 0.6) is 5.75 Å². The van der Waals surface area contributed by atoms with Gasteiger partial charge in [0.2, 0.25) is 0 Å². The summed E-state index contributed by atoms with van der Waals surface area (Å²) in [4.78, 5) is 28.4. The summed E-state index contributed by atoms with van der Waals surface area (Å²) in [5, 5.41) is 22.3. The number of carbonyl (C=O) groups is 2. The molecule has 0 aliphatic rings. The Balaban J connectivity index is 1.71. The minimum absolute atomic E-state index is 0.0228. The number of aromatic nitrogens is 1. The quantitative estimate of drug-likeness (QED) is 0.449. The molecule has 4 aromatic rings. The number of oxazole rings is 1. The normalized spacial score (nSPS) is 10.5. The third-order valence-electron chi connectivity index (χ3n) is 4.56. The van der Waals surface area contributed by atoms with Crippen LogP contribution >= 0.6 is 0 Å². The number of nitrogens with zero attached hydrogens (tertiary/aromatic N) is 1. The van der Waals surface area contributed by atoms with E-state index >= 15 is 0 Å². The molecule has 0 bridgehead atoms. The molecule has 3 aromatic carbocycles. The van der Waals surface area contributed by atoms with E-state index in [2.05, 4.69) is 10.3 Å². The van der Waals surface area contributed by atoms with Gasteiger partial charge in [-0.2, -0.15) is 0 Å². The van der Waals surface area contributed by atoms with Crippen LogP contribution in [0.4, 0.5) is 5.69 Å². The summed E-state index contributed by atoms with van der Waals surface area (Å²) >= 11 is 0. The summed E-state index contributed by atoms with van der Waals surface area (Å²) in [7, 11) is 0. The predicted molar refractivity (Wildman–Crippen MR) is 110 cm³/mol. The Hall–Kier alpha value is -4.39. The fourth-order valence-corrected chi connectivity index (χ4v) is 3.06. The number of phenols is 1. The van der Waals surface area contributed by atoms with Crippen molar-refractivity contribution in [2.45, 2.75) is 0 Å².